The van der Waals surface area contributed by atoms with Crippen molar-refractivity contribution >= 4 is 0 Å². The smallest absolute Gasteiger partial charge is 0.189 e. The van der Waals surface area contributed by atoms with Crippen LogP contribution in [0.1, 0.15) is 31.2 Å². The minimum absolute atomic E-state index is 0.00976. The van der Waals surface area contributed by atoms with Gasteiger partial charge in [0.2, 0.25) is 0 Å². The van der Waals surface area contributed by atoms with Gasteiger partial charge in [-0.3, -0.25) is 0 Å². The lowest BCUT2D eigenvalue weighted by atomic mass is 10.1. The van der Waals surface area contributed by atoms with E-state index < -0.39 is 11.9 Å². The van der Waals surface area contributed by atoms with E-state index in [9.17, 15) is 10.2 Å². The second-order valence-corrected chi connectivity index (χ2v) is 5.10. The summed E-state index contributed by atoms with van der Waals surface area (Å²) in [4.78, 5) is 0. The highest BCUT2D eigenvalue weighted by Crippen LogP contribution is 2.38. The highest BCUT2D eigenvalue weighted by molar-refractivity contribution is 5.17. The molecule has 3 atom stereocenters. The Hall–Kier alpha value is -0.880. The van der Waals surface area contributed by atoms with Gasteiger partial charge in [-0.2, -0.15) is 0 Å². The van der Waals surface area contributed by atoms with Crippen molar-refractivity contribution < 1.29 is 19.7 Å². The first-order valence-electron chi connectivity index (χ1n) is 6.45. The molecule has 3 rings (SSSR count). The van der Waals surface area contributed by atoms with Gasteiger partial charge < -0.3 is 24.3 Å². The van der Waals surface area contributed by atoms with Gasteiger partial charge in [-0.05, 0) is 18.6 Å². The Bertz CT molecular complexity index is 431. The van der Waals surface area contributed by atoms with Crippen LogP contribution in [0.4, 0.5) is 0 Å². The summed E-state index contributed by atoms with van der Waals surface area (Å²) in [6.45, 7) is 3.01. The fourth-order valence-electron chi connectivity index (χ4n) is 2.92. The van der Waals surface area contributed by atoms with Gasteiger partial charge in [-0.15, -0.1) is 0 Å². The largest absolute Gasteiger partial charge is 0.390 e. The molecule has 0 unspecified atom stereocenters. The van der Waals surface area contributed by atoms with E-state index in [1.807, 2.05) is 23.6 Å². The molecule has 2 aliphatic heterocycles. The van der Waals surface area contributed by atoms with Crippen LogP contribution in [0, 0.1) is 0 Å². The predicted octanol–water partition coefficient (Wildman–Crippen LogP) is 0.767. The molecule has 1 saturated heterocycles. The third-order valence-corrected chi connectivity index (χ3v) is 3.92. The van der Waals surface area contributed by atoms with Crippen LogP contribution >= 0.6 is 0 Å². The number of rotatable bonds is 2. The lowest BCUT2D eigenvalue weighted by Crippen LogP contribution is -2.42. The first kappa shape index (κ1) is 12.2. The van der Waals surface area contributed by atoms with Gasteiger partial charge in [0.25, 0.3) is 0 Å². The van der Waals surface area contributed by atoms with E-state index >= 15 is 0 Å². The zero-order valence-corrected chi connectivity index (χ0v) is 10.5. The molecule has 1 aromatic heterocycles. The molecule has 2 aliphatic rings. The van der Waals surface area contributed by atoms with Gasteiger partial charge in [0.15, 0.2) is 5.79 Å². The molecule has 0 aromatic carbocycles. The fourth-order valence-corrected chi connectivity index (χ4v) is 2.92. The molecule has 1 aromatic rings. The van der Waals surface area contributed by atoms with E-state index in [-0.39, 0.29) is 12.7 Å². The second kappa shape index (κ2) is 4.35. The number of hydrogen-bond donors (Lipinski definition) is 2. The fraction of sp³-hybridized carbons (Fsp3) is 0.692. The molecule has 5 nitrogen and oxygen atoms in total. The van der Waals surface area contributed by atoms with Crippen molar-refractivity contribution in [3.63, 3.8) is 0 Å². The molecular weight excluding hydrogens is 234 g/mol. The summed E-state index contributed by atoms with van der Waals surface area (Å²) >= 11 is 0. The minimum Gasteiger partial charge on any atom is -0.390 e. The minimum atomic E-state index is -0.726. The second-order valence-electron chi connectivity index (χ2n) is 5.10. The van der Waals surface area contributed by atoms with Crippen LogP contribution in [0.15, 0.2) is 12.1 Å². The highest BCUT2D eigenvalue weighted by atomic mass is 16.7. The average Bonchev–Trinajstić information content (AvgIpc) is 2.90. The molecule has 5 heteroatoms. The third kappa shape index (κ3) is 1.78. The van der Waals surface area contributed by atoms with Crippen molar-refractivity contribution in [1.82, 2.24) is 4.57 Å². The molecule has 2 N–H and O–H groups in total. The van der Waals surface area contributed by atoms with E-state index in [1.54, 1.807) is 0 Å². The summed E-state index contributed by atoms with van der Waals surface area (Å²) in [7, 11) is 0. The van der Waals surface area contributed by atoms with Crippen LogP contribution in [-0.2, 0) is 29.2 Å². The van der Waals surface area contributed by atoms with Crippen LogP contribution < -0.4 is 0 Å². The SMILES string of the molecule is CC[C@H]1O[C@]2(C[C@@H]1O)Cn1c(CO)ccc1CO2. The highest BCUT2D eigenvalue weighted by Gasteiger charge is 2.48. The van der Waals surface area contributed by atoms with E-state index in [1.165, 1.54) is 0 Å². The Kier molecular flexibility index (Phi) is 2.94. The Labute approximate surface area is 106 Å². The van der Waals surface area contributed by atoms with E-state index in [2.05, 4.69) is 0 Å². The molecule has 0 radical (unpaired) electrons. The lowest BCUT2D eigenvalue weighted by molar-refractivity contribution is -0.252. The molecule has 0 bridgehead atoms. The zero-order valence-electron chi connectivity index (χ0n) is 10.5. The van der Waals surface area contributed by atoms with Crippen LogP contribution in [0.5, 0.6) is 0 Å². The average molecular weight is 253 g/mol. The van der Waals surface area contributed by atoms with Gasteiger partial charge in [-0.25, -0.2) is 0 Å². The molecule has 18 heavy (non-hydrogen) atoms. The zero-order chi connectivity index (χ0) is 12.8. The van der Waals surface area contributed by atoms with E-state index in [0.717, 1.165) is 17.8 Å². The van der Waals surface area contributed by atoms with Crippen molar-refractivity contribution in [3.8, 4) is 0 Å². The summed E-state index contributed by atoms with van der Waals surface area (Å²) in [6, 6.07) is 3.86. The van der Waals surface area contributed by atoms with Crippen molar-refractivity contribution in [2.75, 3.05) is 0 Å². The summed E-state index contributed by atoms with van der Waals surface area (Å²) in [6.07, 6.45) is 0.649. The van der Waals surface area contributed by atoms with Gasteiger partial charge in [-0.1, -0.05) is 6.92 Å². The number of nitrogens with zero attached hydrogens (tertiary/aromatic N) is 1. The Balaban J connectivity index is 1.86. The summed E-state index contributed by atoms with van der Waals surface area (Å²) in [5, 5.41) is 19.3. The number of fused-ring (bicyclic) bond motifs is 1. The molecular formula is C13H19NO4. The predicted molar refractivity (Wildman–Crippen MR) is 63.7 cm³/mol. The summed E-state index contributed by atoms with van der Waals surface area (Å²) < 4.78 is 13.8. The van der Waals surface area contributed by atoms with E-state index in [0.29, 0.717) is 19.6 Å². The standard InChI is InChI=1S/C13H19NO4/c1-2-12-11(16)5-13(18-12)8-14-9(6-15)3-4-10(14)7-17-13/h3-4,11-12,15-16H,2,5-8H2,1H3/t11-,12+,13+/m0/s1. The van der Waals surface area contributed by atoms with Crippen LogP contribution in [0.25, 0.3) is 0 Å². The maximum absolute atomic E-state index is 9.97. The first-order valence-corrected chi connectivity index (χ1v) is 6.45. The van der Waals surface area contributed by atoms with Gasteiger partial charge >= 0.3 is 0 Å². The van der Waals surface area contributed by atoms with Gasteiger partial charge in [0, 0.05) is 17.8 Å². The number of aromatic nitrogens is 1. The first-order chi connectivity index (χ1) is 8.67. The molecule has 0 aliphatic carbocycles. The van der Waals surface area contributed by atoms with Gasteiger partial charge in [0.1, 0.15) is 0 Å². The van der Waals surface area contributed by atoms with Crippen molar-refractivity contribution in [1.29, 1.82) is 0 Å². The normalized spacial score (nSPS) is 35.1. The molecule has 0 amide bonds. The number of hydrogen-bond acceptors (Lipinski definition) is 4. The van der Waals surface area contributed by atoms with Crippen LogP contribution in [0.3, 0.4) is 0 Å². The van der Waals surface area contributed by atoms with Crippen molar-refractivity contribution in [2.24, 2.45) is 0 Å². The Morgan fingerprint density at radius 2 is 2.33 bits per heavy atom. The molecule has 3 heterocycles. The topological polar surface area (TPSA) is 63.9 Å². The number of ether oxygens (including phenoxy) is 2. The maximum atomic E-state index is 9.97. The Morgan fingerprint density at radius 1 is 1.50 bits per heavy atom. The molecule has 1 fully saturated rings. The van der Waals surface area contributed by atoms with Crippen LogP contribution in [0.2, 0.25) is 0 Å². The number of aliphatic hydroxyl groups excluding tert-OH is 2. The summed E-state index contributed by atoms with van der Waals surface area (Å²) in [5.74, 6) is -0.726. The van der Waals surface area contributed by atoms with Crippen molar-refractivity contribution in [3.05, 3.63) is 23.5 Å². The quantitative estimate of drug-likeness (QED) is 0.817. The monoisotopic (exact) mass is 253 g/mol. The molecule has 0 saturated carbocycles. The maximum Gasteiger partial charge on any atom is 0.189 e. The molecule has 100 valence electrons. The van der Waals surface area contributed by atoms with Gasteiger partial charge in [0.05, 0.1) is 32.0 Å². The Morgan fingerprint density at radius 3 is 3.00 bits per heavy atom. The van der Waals surface area contributed by atoms with Crippen molar-refractivity contribution in [2.45, 2.75) is 57.5 Å². The number of aliphatic hydroxyl groups is 2. The summed E-state index contributed by atoms with van der Waals surface area (Å²) in [5.41, 5.74) is 1.91. The molecule has 1 spiro atoms. The van der Waals surface area contributed by atoms with E-state index in [4.69, 9.17) is 9.47 Å². The lowest BCUT2D eigenvalue weighted by Gasteiger charge is -2.35. The third-order valence-electron chi connectivity index (χ3n) is 3.92. The van der Waals surface area contributed by atoms with Crippen LogP contribution in [-0.4, -0.2) is 32.8 Å².